The number of morpholine rings is 1. The Morgan fingerprint density at radius 1 is 1.36 bits per heavy atom. The molecule has 0 saturated carbocycles. The summed E-state index contributed by atoms with van der Waals surface area (Å²) in [5.41, 5.74) is 1.20. The van der Waals surface area contributed by atoms with Crippen LogP contribution in [0.15, 0.2) is 42.6 Å². The van der Waals surface area contributed by atoms with Crippen molar-refractivity contribution >= 4 is 38.9 Å². The Bertz CT molecular complexity index is 991. The maximum absolute atomic E-state index is 12.9. The SMILES string of the molecule is Cc1c(CC(=O)N2CCOC(COc3cccnc3Cl)C2)sc2ccccc12. The molecule has 7 heteroatoms. The average Bonchev–Trinajstić information content (AvgIpc) is 3.03. The highest BCUT2D eigenvalue weighted by Crippen LogP contribution is 2.31. The molecule has 5 nitrogen and oxygen atoms in total. The topological polar surface area (TPSA) is 51.7 Å². The van der Waals surface area contributed by atoms with Crippen molar-refractivity contribution in [3.63, 3.8) is 0 Å². The van der Waals surface area contributed by atoms with Gasteiger partial charge in [0.2, 0.25) is 5.91 Å². The third-order valence-corrected chi connectivity index (χ3v) is 6.45. The molecule has 1 amide bonds. The van der Waals surface area contributed by atoms with Crippen molar-refractivity contribution in [1.29, 1.82) is 0 Å². The van der Waals surface area contributed by atoms with Crippen LogP contribution < -0.4 is 4.74 Å². The van der Waals surface area contributed by atoms with E-state index in [9.17, 15) is 4.79 Å². The minimum atomic E-state index is -0.183. The minimum absolute atomic E-state index is 0.127. The summed E-state index contributed by atoms with van der Waals surface area (Å²) >= 11 is 7.72. The van der Waals surface area contributed by atoms with Gasteiger partial charge in [-0.1, -0.05) is 29.8 Å². The van der Waals surface area contributed by atoms with Crippen molar-refractivity contribution < 1.29 is 14.3 Å². The average molecular weight is 417 g/mol. The highest BCUT2D eigenvalue weighted by atomic mass is 35.5. The van der Waals surface area contributed by atoms with Gasteiger partial charge in [-0.05, 0) is 36.1 Å². The van der Waals surface area contributed by atoms with E-state index in [1.165, 1.54) is 15.6 Å². The molecule has 1 aromatic carbocycles. The smallest absolute Gasteiger partial charge is 0.228 e. The Hall–Kier alpha value is -2.15. The van der Waals surface area contributed by atoms with Crippen LogP contribution in [0, 0.1) is 6.92 Å². The first-order valence-electron chi connectivity index (χ1n) is 9.21. The van der Waals surface area contributed by atoms with Crippen molar-refractivity contribution in [2.75, 3.05) is 26.3 Å². The monoisotopic (exact) mass is 416 g/mol. The lowest BCUT2D eigenvalue weighted by molar-refractivity contribution is -0.139. The summed E-state index contributed by atoms with van der Waals surface area (Å²) in [6.45, 7) is 4.05. The zero-order valence-corrected chi connectivity index (χ0v) is 17.1. The second kappa shape index (κ2) is 8.47. The molecule has 1 aliphatic rings. The number of ether oxygens (including phenoxy) is 2. The van der Waals surface area contributed by atoms with Gasteiger partial charge in [-0.25, -0.2) is 4.98 Å². The standard InChI is InChI=1S/C21H21ClN2O3S/c1-14-16-5-2-3-7-18(16)28-19(14)11-20(25)24-9-10-26-15(12-24)13-27-17-6-4-8-23-21(17)22/h2-8,15H,9-13H2,1H3. The molecule has 1 saturated heterocycles. The molecular weight excluding hydrogens is 396 g/mol. The van der Waals surface area contributed by atoms with Gasteiger partial charge in [0.25, 0.3) is 0 Å². The fourth-order valence-electron chi connectivity index (χ4n) is 3.35. The molecule has 28 heavy (non-hydrogen) atoms. The first-order chi connectivity index (χ1) is 13.6. The number of pyridine rings is 1. The van der Waals surface area contributed by atoms with Gasteiger partial charge in [-0.2, -0.15) is 0 Å². The van der Waals surface area contributed by atoms with Crippen LogP contribution >= 0.6 is 22.9 Å². The zero-order chi connectivity index (χ0) is 19.5. The van der Waals surface area contributed by atoms with E-state index in [-0.39, 0.29) is 12.0 Å². The molecule has 1 atom stereocenters. The summed E-state index contributed by atoms with van der Waals surface area (Å²) in [5.74, 6) is 0.652. The molecule has 1 unspecified atom stereocenters. The van der Waals surface area contributed by atoms with Gasteiger partial charge in [0.15, 0.2) is 10.9 Å². The fraction of sp³-hybridized carbons (Fsp3) is 0.333. The lowest BCUT2D eigenvalue weighted by Gasteiger charge is -2.33. The molecule has 0 N–H and O–H groups in total. The fourth-order valence-corrected chi connectivity index (χ4v) is 4.73. The quantitative estimate of drug-likeness (QED) is 0.587. The summed E-state index contributed by atoms with van der Waals surface area (Å²) in [4.78, 5) is 19.9. The third-order valence-electron chi connectivity index (χ3n) is 4.90. The molecule has 1 aliphatic heterocycles. The number of amides is 1. The Morgan fingerprint density at radius 2 is 2.21 bits per heavy atom. The maximum atomic E-state index is 12.9. The predicted octanol–water partition coefficient (Wildman–Crippen LogP) is 4.11. The summed E-state index contributed by atoms with van der Waals surface area (Å²) < 4.78 is 12.7. The normalized spacial score (nSPS) is 17.1. The predicted molar refractivity (Wildman–Crippen MR) is 111 cm³/mol. The molecule has 0 spiro atoms. The summed E-state index contributed by atoms with van der Waals surface area (Å²) in [6.07, 6.45) is 1.85. The van der Waals surface area contributed by atoms with Crippen molar-refractivity contribution in [2.24, 2.45) is 0 Å². The number of nitrogens with zero attached hydrogens (tertiary/aromatic N) is 2. The molecule has 0 aliphatic carbocycles. The zero-order valence-electron chi connectivity index (χ0n) is 15.6. The number of carbonyl (C=O) groups excluding carboxylic acids is 1. The molecule has 3 heterocycles. The van der Waals surface area contributed by atoms with Crippen LogP contribution in [-0.4, -0.2) is 48.2 Å². The molecule has 0 bridgehead atoms. The van der Waals surface area contributed by atoms with E-state index in [1.807, 2.05) is 17.0 Å². The number of fused-ring (bicyclic) bond motifs is 1. The summed E-state index contributed by atoms with van der Waals surface area (Å²) in [6, 6.07) is 11.8. The Balaban J connectivity index is 1.37. The highest BCUT2D eigenvalue weighted by molar-refractivity contribution is 7.19. The largest absolute Gasteiger partial charge is 0.488 e. The Kier molecular flexibility index (Phi) is 5.80. The van der Waals surface area contributed by atoms with Crippen molar-refractivity contribution in [3.05, 3.63) is 58.2 Å². The van der Waals surface area contributed by atoms with E-state index in [0.717, 1.165) is 4.88 Å². The lowest BCUT2D eigenvalue weighted by atomic mass is 10.1. The molecule has 2 aromatic heterocycles. The first-order valence-corrected chi connectivity index (χ1v) is 10.4. The lowest BCUT2D eigenvalue weighted by Crippen LogP contribution is -2.48. The molecule has 146 valence electrons. The van der Waals surface area contributed by atoms with Crippen LogP contribution in [0.2, 0.25) is 5.15 Å². The van der Waals surface area contributed by atoms with Crippen LogP contribution in [0.3, 0.4) is 0 Å². The van der Waals surface area contributed by atoms with Crippen molar-refractivity contribution in [3.8, 4) is 5.75 Å². The number of thiophene rings is 1. The highest BCUT2D eigenvalue weighted by Gasteiger charge is 2.26. The van der Waals surface area contributed by atoms with Crippen LogP contribution in [0.4, 0.5) is 0 Å². The molecule has 3 aromatic rings. The summed E-state index contributed by atoms with van der Waals surface area (Å²) in [5, 5.41) is 1.56. The molecule has 4 rings (SSSR count). The minimum Gasteiger partial charge on any atom is -0.488 e. The van der Waals surface area contributed by atoms with Crippen molar-refractivity contribution in [2.45, 2.75) is 19.4 Å². The number of carbonyl (C=O) groups is 1. The van der Waals surface area contributed by atoms with Gasteiger partial charge in [0, 0.05) is 22.3 Å². The number of aryl methyl sites for hydroxylation is 1. The van der Waals surface area contributed by atoms with Gasteiger partial charge in [0.1, 0.15) is 12.7 Å². The van der Waals surface area contributed by atoms with Gasteiger partial charge in [-0.15, -0.1) is 11.3 Å². The molecule has 1 fully saturated rings. The van der Waals surface area contributed by atoms with E-state index in [4.69, 9.17) is 21.1 Å². The van der Waals surface area contributed by atoms with Gasteiger partial charge < -0.3 is 14.4 Å². The van der Waals surface area contributed by atoms with E-state index in [1.54, 1.807) is 29.7 Å². The first kappa shape index (κ1) is 19.2. The molecule has 0 radical (unpaired) electrons. The number of hydrogen-bond acceptors (Lipinski definition) is 5. The number of hydrogen-bond donors (Lipinski definition) is 0. The number of halogens is 1. The van der Waals surface area contributed by atoms with E-state index in [2.05, 4.69) is 24.0 Å². The van der Waals surface area contributed by atoms with Gasteiger partial charge in [0.05, 0.1) is 19.6 Å². The Morgan fingerprint density at radius 3 is 3.04 bits per heavy atom. The second-order valence-corrected chi connectivity index (χ2v) is 8.25. The van der Waals surface area contributed by atoms with Gasteiger partial charge >= 0.3 is 0 Å². The molecular formula is C21H21ClN2O3S. The third kappa shape index (κ3) is 4.14. The van der Waals surface area contributed by atoms with E-state index < -0.39 is 0 Å². The van der Waals surface area contributed by atoms with Crippen LogP contribution in [0.1, 0.15) is 10.4 Å². The summed E-state index contributed by atoms with van der Waals surface area (Å²) in [7, 11) is 0. The number of rotatable bonds is 5. The van der Waals surface area contributed by atoms with Crippen LogP contribution in [0.25, 0.3) is 10.1 Å². The van der Waals surface area contributed by atoms with Crippen LogP contribution in [0.5, 0.6) is 5.75 Å². The maximum Gasteiger partial charge on any atom is 0.228 e. The van der Waals surface area contributed by atoms with E-state index in [0.29, 0.717) is 43.6 Å². The Labute approximate surface area is 172 Å². The van der Waals surface area contributed by atoms with Crippen molar-refractivity contribution in [1.82, 2.24) is 9.88 Å². The van der Waals surface area contributed by atoms with Crippen LogP contribution in [-0.2, 0) is 16.0 Å². The van der Waals surface area contributed by atoms with Gasteiger partial charge in [-0.3, -0.25) is 4.79 Å². The van der Waals surface area contributed by atoms with E-state index >= 15 is 0 Å². The number of benzene rings is 1. The number of aromatic nitrogens is 1. The second-order valence-electron chi connectivity index (χ2n) is 6.76.